The third-order valence-corrected chi connectivity index (χ3v) is 5.31. The standard InChI is InChI=1S/C23H30N4O2/c1-17-7-6-14-27(16-17)18(2)15-24-23(29)26-21-12-10-19(11-13-21)22(28)25-20-8-4-3-5-9-20/h3-5,8-13,17-18H,6-7,14-16H2,1-2H3,(H,25,28)(H2,24,26,29). The summed E-state index contributed by atoms with van der Waals surface area (Å²) in [6.45, 7) is 7.23. The lowest BCUT2D eigenvalue weighted by molar-refractivity contribution is 0.102. The minimum Gasteiger partial charge on any atom is -0.336 e. The molecule has 3 amide bonds. The van der Waals surface area contributed by atoms with Gasteiger partial charge in [-0.1, -0.05) is 25.1 Å². The van der Waals surface area contributed by atoms with Crippen LogP contribution >= 0.6 is 0 Å². The normalized spacial score (nSPS) is 17.9. The zero-order chi connectivity index (χ0) is 20.6. The number of para-hydroxylation sites is 1. The van der Waals surface area contributed by atoms with Crippen molar-refractivity contribution < 1.29 is 9.59 Å². The second-order valence-corrected chi connectivity index (χ2v) is 7.82. The van der Waals surface area contributed by atoms with Crippen LogP contribution in [0.15, 0.2) is 54.6 Å². The Morgan fingerprint density at radius 2 is 1.72 bits per heavy atom. The molecular formula is C23H30N4O2. The van der Waals surface area contributed by atoms with Gasteiger partial charge in [-0.15, -0.1) is 0 Å². The van der Waals surface area contributed by atoms with E-state index in [1.54, 1.807) is 24.3 Å². The fraction of sp³-hybridized carbons (Fsp3) is 0.391. The zero-order valence-corrected chi connectivity index (χ0v) is 17.2. The highest BCUT2D eigenvalue weighted by Crippen LogP contribution is 2.17. The van der Waals surface area contributed by atoms with Gasteiger partial charge >= 0.3 is 6.03 Å². The van der Waals surface area contributed by atoms with E-state index in [1.165, 1.54) is 12.8 Å². The lowest BCUT2D eigenvalue weighted by atomic mass is 9.99. The van der Waals surface area contributed by atoms with Gasteiger partial charge in [0.1, 0.15) is 0 Å². The fourth-order valence-electron chi connectivity index (χ4n) is 3.60. The molecule has 29 heavy (non-hydrogen) atoms. The van der Waals surface area contributed by atoms with Gasteiger partial charge in [0.05, 0.1) is 0 Å². The number of amides is 3. The molecule has 1 aliphatic rings. The second kappa shape index (κ2) is 10.1. The van der Waals surface area contributed by atoms with E-state index in [-0.39, 0.29) is 11.9 Å². The smallest absolute Gasteiger partial charge is 0.319 e. The minimum atomic E-state index is -0.233. The van der Waals surface area contributed by atoms with Crippen molar-refractivity contribution in [2.75, 3.05) is 30.3 Å². The van der Waals surface area contributed by atoms with Crippen LogP contribution in [0.3, 0.4) is 0 Å². The van der Waals surface area contributed by atoms with E-state index in [0.29, 0.717) is 23.8 Å². The van der Waals surface area contributed by atoms with Gasteiger partial charge in [-0.25, -0.2) is 4.79 Å². The highest BCUT2D eigenvalue weighted by molar-refractivity contribution is 6.04. The molecule has 0 spiro atoms. The molecule has 6 nitrogen and oxygen atoms in total. The quantitative estimate of drug-likeness (QED) is 0.688. The van der Waals surface area contributed by atoms with Crippen molar-refractivity contribution in [1.82, 2.24) is 10.2 Å². The number of anilines is 2. The van der Waals surface area contributed by atoms with E-state index in [9.17, 15) is 9.59 Å². The van der Waals surface area contributed by atoms with Crippen LogP contribution in [0.1, 0.15) is 37.0 Å². The number of nitrogens with one attached hydrogen (secondary N) is 3. The Hall–Kier alpha value is -2.86. The first-order chi connectivity index (χ1) is 14.0. The largest absolute Gasteiger partial charge is 0.336 e. The number of likely N-dealkylation sites (tertiary alicyclic amines) is 1. The molecule has 0 radical (unpaired) electrons. The maximum atomic E-state index is 12.3. The third kappa shape index (κ3) is 6.32. The minimum absolute atomic E-state index is 0.184. The number of carbonyl (C=O) groups excluding carboxylic acids is 2. The second-order valence-electron chi connectivity index (χ2n) is 7.82. The van der Waals surface area contributed by atoms with Crippen LogP contribution in [-0.4, -0.2) is 42.5 Å². The van der Waals surface area contributed by atoms with E-state index < -0.39 is 0 Å². The average Bonchev–Trinajstić information content (AvgIpc) is 2.73. The first kappa shape index (κ1) is 20.9. The van der Waals surface area contributed by atoms with Crippen molar-refractivity contribution in [3.8, 4) is 0 Å². The number of carbonyl (C=O) groups is 2. The van der Waals surface area contributed by atoms with Gasteiger partial charge in [-0.05, 0) is 68.6 Å². The molecule has 2 unspecified atom stereocenters. The first-order valence-corrected chi connectivity index (χ1v) is 10.3. The molecule has 0 aromatic heterocycles. The van der Waals surface area contributed by atoms with Crippen LogP contribution in [0.5, 0.6) is 0 Å². The summed E-state index contributed by atoms with van der Waals surface area (Å²) in [5.74, 6) is 0.536. The Morgan fingerprint density at radius 3 is 2.41 bits per heavy atom. The summed E-state index contributed by atoms with van der Waals surface area (Å²) >= 11 is 0. The number of benzene rings is 2. The van der Waals surface area contributed by atoms with E-state index in [4.69, 9.17) is 0 Å². The van der Waals surface area contributed by atoms with Crippen LogP contribution in [0.2, 0.25) is 0 Å². The molecule has 0 saturated carbocycles. The molecule has 6 heteroatoms. The number of nitrogens with zero attached hydrogens (tertiary/aromatic N) is 1. The molecule has 0 bridgehead atoms. The predicted octanol–water partition coefficient (Wildman–Crippen LogP) is 4.18. The van der Waals surface area contributed by atoms with Gasteiger partial charge in [0.2, 0.25) is 0 Å². The molecule has 0 aliphatic carbocycles. The molecular weight excluding hydrogens is 364 g/mol. The molecule has 2 aromatic rings. The SMILES string of the molecule is CC1CCCN(C(C)CNC(=O)Nc2ccc(C(=O)Nc3ccccc3)cc2)C1. The van der Waals surface area contributed by atoms with Gasteiger partial charge in [0.25, 0.3) is 5.91 Å². The van der Waals surface area contributed by atoms with Crippen LogP contribution in [-0.2, 0) is 0 Å². The van der Waals surface area contributed by atoms with E-state index in [1.807, 2.05) is 30.3 Å². The van der Waals surface area contributed by atoms with Crippen molar-refractivity contribution in [2.45, 2.75) is 32.7 Å². The highest BCUT2D eigenvalue weighted by Gasteiger charge is 2.21. The number of rotatable bonds is 6. The van der Waals surface area contributed by atoms with E-state index in [2.05, 4.69) is 34.7 Å². The Kier molecular flexibility index (Phi) is 7.25. The van der Waals surface area contributed by atoms with Crippen LogP contribution in [0.4, 0.5) is 16.2 Å². The maximum Gasteiger partial charge on any atom is 0.319 e. The molecule has 1 heterocycles. The van der Waals surface area contributed by atoms with Crippen molar-refractivity contribution in [3.63, 3.8) is 0 Å². The monoisotopic (exact) mass is 394 g/mol. The number of piperidine rings is 1. The molecule has 1 aliphatic heterocycles. The van der Waals surface area contributed by atoms with Gasteiger partial charge < -0.3 is 16.0 Å². The molecule has 1 fully saturated rings. The van der Waals surface area contributed by atoms with E-state index in [0.717, 1.165) is 24.7 Å². The molecule has 3 rings (SSSR count). The average molecular weight is 395 g/mol. The molecule has 154 valence electrons. The zero-order valence-electron chi connectivity index (χ0n) is 17.2. The van der Waals surface area contributed by atoms with Crippen molar-refractivity contribution in [2.24, 2.45) is 5.92 Å². The highest BCUT2D eigenvalue weighted by atomic mass is 16.2. The molecule has 1 saturated heterocycles. The predicted molar refractivity (Wildman–Crippen MR) is 117 cm³/mol. The van der Waals surface area contributed by atoms with E-state index >= 15 is 0 Å². The Labute approximate surface area is 172 Å². The van der Waals surface area contributed by atoms with Crippen LogP contribution in [0.25, 0.3) is 0 Å². The number of hydrogen-bond acceptors (Lipinski definition) is 3. The van der Waals surface area contributed by atoms with Crippen molar-refractivity contribution in [3.05, 3.63) is 60.2 Å². The summed E-state index contributed by atoms with van der Waals surface area (Å²) < 4.78 is 0. The molecule has 2 aromatic carbocycles. The summed E-state index contributed by atoms with van der Waals surface area (Å²) in [4.78, 5) is 26.9. The van der Waals surface area contributed by atoms with Crippen LogP contribution < -0.4 is 16.0 Å². The lowest BCUT2D eigenvalue weighted by Crippen LogP contribution is -2.47. The summed E-state index contributed by atoms with van der Waals surface area (Å²) in [7, 11) is 0. The number of hydrogen-bond donors (Lipinski definition) is 3. The van der Waals surface area contributed by atoms with Crippen molar-refractivity contribution in [1.29, 1.82) is 0 Å². The Morgan fingerprint density at radius 1 is 1.03 bits per heavy atom. The van der Waals surface area contributed by atoms with Gasteiger partial charge in [0, 0.05) is 36.1 Å². The van der Waals surface area contributed by atoms with Gasteiger partial charge in [0.15, 0.2) is 0 Å². The van der Waals surface area contributed by atoms with Crippen molar-refractivity contribution >= 4 is 23.3 Å². The Balaban J connectivity index is 1.45. The topological polar surface area (TPSA) is 73.5 Å². The Bertz CT molecular complexity index is 807. The van der Waals surface area contributed by atoms with Gasteiger partial charge in [-0.2, -0.15) is 0 Å². The molecule has 2 atom stereocenters. The lowest BCUT2D eigenvalue weighted by Gasteiger charge is -2.35. The summed E-state index contributed by atoms with van der Waals surface area (Å²) in [6, 6.07) is 16.3. The maximum absolute atomic E-state index is 12.3. The summed E-state index contributed by atoms with van der Waals surface area (Å²) in [5, 5.41) is 8.61. The van der Waals surface area contributed by atoms with Gasteiger partial charge in [-0.3, -0.25) is 9.69 Å². The summed E-state index contributed by atoms with van der Waals surface area (Å²) in [6.07, 6.45) is 2.51. The first-order valence-electron chi connectivity index (χ1n) is 10.3. The summed E-state index contributed by atoms with van der Waals surface area (Å²) in [5.41, 5.74) is 1.93. The van der Waals surface area contributed by atoms with Crippen LogP contribution in [0, 0.1) is 5.92 Å². The third-order valence-electron chi connectivity index (χ3n) is 5.31. The molecule has 3 N–H and O–H groups in total. The fourth-order valence-corrected chi connectivity index (χ4v) is 3.60. The number of urea groups is 1.